The fourth-order valence-corrected chi connectivity index (χ4v) is 2.91. The highest BCUT2D eigenvalue weighted by molar-refractivity contribution is 7.09. The van der Waals surface area contributed by atoms with E-state index in [0.717, 1.165) is 12.0 Å². The first-order chi connectivity index (χ1) is 11.3. The Morgan fingerprint density at radius 3 is 2.87 bits per heavy atom. The van der Waals surface area contributed by atoms with Gasteiger partial charge in [-0.25, -0.2) is 0 Å². The first-order valence-electron chi connectivity index (χ1n) is 7.35. The fraction of sp³-hybridized carbons (Fsp3) is 0.167. The molecule has 0 bridgehead atoms. The van der Waals surface area contributed by atoms with Crippen molar-refractivity contribution in [1.29, 1.82) is 0 Å². The van der Waals surface area contributed by atoms with Gasteiger partial charge in [0.05, 0.1) is 18.8 Å². The molecule has 0 aromatic carbocycles. The van der Waals surface area contributed by atoms with E-state index < -0.39 is 0 Å². The van der Waals surface area contributed by atoms with E-state index in [9.17, 15) is 4.79 Å². The number of amides is 1. The van der Waals surface area contributed by atoms with Crippen LogP contribution in [0.2, 0.25) is 0 Å². The molecule has 0 fully saturated rings. The van der Waals surface area contributed by atoms with Crippen LogP contribution in [0.3, 0.4) is 0 Å². The second-order valence-electron chi connectivity index (χ2n) is 5.07. The zero-order chi connectivity index (χ0) is 15.9. The summed E-state index contributed by atoms with van der Waals surface area (Å²) in [7, 11) is 0. The molecule has 0 radical (unpaired) electrons. The van der Waals surface area contributed by atoms with Gasteiger partial charge in [-0.15, -0.1) is 11.3 Å². The average Bonchev–Trinajstić information content (AvgIpc) is 3.32. The number of carbonyl (C=O) groups excluding carboxylic acids is 1. The van der Waals surface area contributed by atoms with Gasteiger partial charge < -0.3 is 13.7 Å². The predicted octanol–water partition coefficient (Wildman–Crippen LogP) is 4.22. The molecule has 3 rings (SSSR count). The third kappa shape index (κ3) is 4.47. The van der Waals surface area contributed by atoms with Crippen LogP contribution in [0, 0.1) is 0 Å². The quantitative estimate of drug-likeness (QED) is 0.610. The standard InChI is InChI=1S/C18H17NO3S/c20-18(6-5-16-3-1-10-22-16)19(13-15-8-11-21-14-15)9-7-17-4-2-12-23-17/h1-6,8,10-12,14H,7,9,13H2/b6-5+. The van der Waals surface area contributed by atoms with E-state index >= 15 is 0 Å². The Labute approximate surface area is 138 Å². The summed E-state index contributed by atoms with van der Waals surface area (Å²) < 4.78 is 10.3. The van der Waals surface area contributed by atoms with Crippen LogP contribution in [0.25, 0.3) is 6.08 Å². The highest BCUT2D eigenvalue weighted by Crippen LogP contribution is 2.13. The number of hydrogen-bond acceptors (Lipinski definition) is 4. The molecule has 3 heterocycles. The Hall–Kier alpha value is -2.53. The van der Waals surface area contributed by atoms with Crippen LogP contribution in [0.15, 0.2) is 69.4 Å². The minimum absolute atomic E-state index is 0.0424. The van der Waals surface area contributed by atoms with Crippen molar-refractivity contribution in [2.45, 2.75) is 13.0 Å². The van der Waals surface area contributed by atoms with E-state index in [1.807, 2.05) is 28.5 Å². The van der Waals surface area contributed by atoms with Crippen LogP contribution in [-0.4, -0.2) is 17.4 Å². The normalized spacial score (nSPS) is 11.1. The molecular weight excluding hydrogens is 310 g/mol. The lowest BCUT2D eigenvalue weighted by Crippen LogP contribution is -2.30. The lowest BCUT2D eigenvalue weighted by molar-refractivity contribution is -0.126. The molecule has 0 aliphatic carbocycles. The Morgan fingerprint density at radius 1 is 1.22 bits per heavy atom. The van der Waals surface area contributed by atoms with Gasteiger partial charge in [0.1, 0.15) is 5.76 Å². The molecule has 0 spiro atoms. The molecule has 0 saturated heterocycles. The third-order valence-electron chi connectivity index (χ3n) is 3.41. The van der Waals surface area contributed by atoms with Crippen molar-refractivity contribution in [2.75, 3.05) is 6.54 Å². The average molecular weight is 327 g/mol. The van der Waals surface area contributed by atoms with Gasteiger partial charge in [0, 0.05) is 29.6 Å². The van der Waals surface area contributed by atoms with Gasteiger partial charge in [-0.1, -0.05) is 6.07 Å². The number of nitrogens with zero attached hydrogens (tertiary/aromatic N) is 1. The van der Waals surface area contributed by atoms with Crippen molar-refractivity contribution in [3.05, 3.63) is 76.8 Å². The van der Waals surface area contributed by atoms with E-state index in [-0.39, 0.29) is 5.91 Å². The molecule has 118 valence electrons. The zero-order valence-corrected chi connectivity index (χ0v) is 13.4. The summed E-state index contributed by atoms with van der Waals surface area (Å²) in [5.74, 6) is 0.624. The van der Waals surface area contributed by atoms with E-state index in [1.54, 1.807) is 48.3 Å². The Morgan fingerprint density at radius 2 is 2.17 bits per heavy atom. The summed E-state index contributed by atoms with van der Waals surface area (Å²) in [6, 6.07) is 9.60. The summed E-state index contributed by atoms with van der Waals surface area (Å²) in [6.45, 7) is 1.19. The number of carbonyl (C=O) groups is 1. The number of rotatable bonds is 7. The minimum Gasteiger partial charge on any atom is -0.472 e. The second kappa shape index (κ2) is 7.65. The molecule has 4 nitrogen and oxygen atoms in total. The summed E-state index contributed by atoms with van der Waals surface area (Å²) in [4.78, 5) is 15.6. The van der Waals surface area contributed by atoms with Crippen LogP contribution in [0.5, 0.6) is 0 Å². The van der Waals surface area contributed by atoms with Crippen molar-refractivity contribution in [2.24, 2.45) is 0 Å². The molecule has 0 aliphatic rings. The van der Waals surface area contributed by atoms with Gasteiger partial charge in [0.2, 0.25) is 5.91 Å². The SMILES string of the molecule is O=C(/C=C/c1ccco1)N(CCc1cccs1)Cc1ccoc1. The van der Waals surface area contributed by atoms with Crippen molar-refractivity contribution in [1.82, 2.24) is 4.90 Å². The highest BCUT2D eigenvalue weighted by Gasteiger charge is 2.12. The van der Waals surface area contributed by atoms with Crippen molar-refractivity contribution >= 4 is 23.3 Å². The predicted molar refractivity (Wildman–Crippen MR) is 89.9 cm³/mol. The molecular formula is C18H17NO3S. The molecule has 5 heteroatoms. The summed E-state index contributed by atoms with van der Waals surface area (Å²) in [5, 5.41) is 2.05. The van der Waals surface area contributed by atoms with Gasteiger partial charge in [-0.2, -0.15) is 0 Å². The van der Waals surface area contributed by atoms with Crippen molar-refractivity contribution < 1.29 is 13.6 Å². The highest BCUT2D eigenvalue weighted by atomic mass is 32.1. The summed E-state index contributed by atoms with van der Waals surface area (Å²) in [6.07, 6.45) is 8.96. The summed E-state index contributed by atoms with van der Waals surface area (Å²) in [5.41, 5.74) is 0.982. The van der Waals surface area contributed by atoms with E-state index in [2.05, 4.69) is 6.07 Å². The molecule has 23 heavy (non-hydrogen) atoms. The van der Waals surface area contributed by atoms with E-state index in [4.69, 9.17) is 8.83 Å². The van der Waals surface area contributed by atoms with Crippen LogP contribution in [-0.2, 0) is 17.8 Å². The number of hydrogen-bond donors (Lipinski definition) is 0. The molecule has 0 aliphatic heterocycles. The Kier molecular flexibility index (Phi) is 5.11. The maximum Gasteiger partial charge on any atom is 0.247 e. The molecule has 0 unspecified atom stereocenters. The Balaban J connectivity index is 1.66. The zero-order valence-electron chi connectivity index (χ0n) is 12.6. The molecule has 0 saturated carbocycles. The number of thiophene rings is 1. The van der Waals surface area contributed by atoms with Gasteiger partial charge in [-0.05, 0) is 42.1 Å². The first kappa shape index (κ1) is 15.4. The monoisotopic (exact) mass is 327 g/mol. The van der Waals surface area contributed by atoms with E-state index in [0.29, 0.717) is 18.8 Å². The van der Waals surface area contributed by atoms with Crippen LogP contribution < -0.4 is 0 Å². The molecule has 0 atom stereocenters. The van der Waals surface area contributed by atoms with Gasteiger partial charge in [-0.3, -0.25) is 4.79 Å². The topological polar surface area (TPSA) is 46.6 Å². The lowest BCUT2D eigenvalue weighted by atomic mass is 10.2. The number of furan rings is 2. The van der Waals surface area contributed by atoms with Gasteiger partial charge in [0.15, 0.2) is 0 Å². The lowest BCUT2D eigenvalue weighted by Gasteiger charge is -2.20. The molecule has 1 amide bonds. The second-order valence-corrected chi connectivity index (χ2v) is 6.10. The van der Waals surface area contributed by atoms with Crippen LogP contribution in [0.4, 0.5) is 0 Å². The maximum atomic E-state index is 12.5. The minimum atomic E-state index is -0.0424. The molecule has 3 aromatic heterocycles. The first-order valence-corrected chi connectivity index (χ1v) is 8.23. The fourth-order valence-electron chi connectivity index (χ4n) is 2.22. The van der Waals surface area contributed by atoms with E-state index in [1.165, 1.54) is 4.88 Å². The molecule has 3 aromatic rings. The third-order valence-corrected chi connectivity index (χ3v) is 4.34. The van der Waals surface area contributed by atoms with Crippen LogP contribution in [0.1, 0.15) is 16.2 Å². The van der Waals surface area contributed by atoms with Crippen LogP contribution >= 0.6 is 11.3 Å². The smallest absolute Gasteiger partial charge is 0.247 e. The largest absolute Gasteiger partial charge is 0.472 e. The van der Waals surface area contributed by atoms with Gasteiger partial charge in [0.25, 0.3) is 0 Å². The van der Waals surface area contributed by atoms with Gasteiger partial charge >= 0.3 is 0 Å². The summed E-state index contributed by atoms with van der Waals surface area (Å²) >= 11 is 1.71. The van der Waals surface area contributed by atoms with Crippen molar-refractivity contribution in [3.8, 4) is 0 Å². The Bertz CT molecular complexity index is 727. The van der Waals surface area contributed by atoms with Crippen molar-refractivity contribution in [3.63, 3.8) is 0 Å². The molecule has 0 N–H and O–H groups in total. The maximum absolute atomic E-state index is 12.5.